The Morgan fingerprint density at radius 1 is 1.19 bits per heavy atom. The first-order valence-electron chi connectivity index (χ1n) is 15.1. The van der Waals surface area contributed by atoms with Crippen molar-refractivity contribution in [2.45, 2.75) is 50.3 Å². The minimum Gasteiger partial charge on any atom is -1.00 e. The molecule has 6 rings (SSSR count). The van der Waals surface area contributed by atoms with Crippen molar-refractivity contribution in [2.24, 2.45) is 5.16 Å². The number of hydrogen-bond acceptors (Lipinski definition) is 11. The van der Waals surface area contributed by atoms with E-state index in [1.807, 2.05) is 18.2 Å². The molecule has 3 aliphatic rings. The van der Waals surface area contributed by atoms with E-state index in [0.29, 0.717) is 17.9 Å². The number of thioether (sulfide) groups is 1. The maximum absolute atomic E-state index is 13.7. The predicted molar refractivity (Wildman–Crippen MR) is 177 cm³/mol. The number of carbonyl (C=O) groups excluding carboxylic acids is 3. The Bertz CT molecular complexity index is 1780. The molecule has 3 N–H and O–H groups in total. The van der Waals surface area contributed by atoms with Gasteiger partial charge in [0, 0.05) is 29.2 Å². The summed E-state index contributed by atoms with van der Waals surface area (Å²) in [6, 6.07) is 10.6. The van der Waals surface area contributed by atoms with Crippen LogP contribution in [0.5, 0.6) is 5.75 Å². The van der Waals surface area contributed by atoms with Gasteiger partial charge in [0.25, 0.3) is 11.8 Å². The smallest absolute Gasteiger partial charge is 0.355 e. The van der Waals surface area contributed by atoms with E-state index < -0.39 is 29.2 Å². The zero-order valence-corrected chi connectivity index (χ0v) is 30.2. The Morgan fingerprint density at radius 3 is 2.73 bits per heavy atom. The predicted octanol–water partition coefficient (Wildman–Crippen LogP) is -0.0915. The number of hydrogen-bond donors (Lipinski definition) is 2. The van der Waals surface area contributed by atoms with Gasteiger partial charge in [0.15, 0.2) is 29.3 Å². The number of benzene rings is 1. The van der Waals surface area contributed by atoms with Crippen molar-refractivity contribution in [3.8, 4) is 5.75 Å². The van der Waals surface area contributed by atoms with E-state index in [1.165, 1.54) is 41.4 Å². The minimum atomic E-state index is -0.886. The molecule has 48 heavy (non-hydrogen) atoms. The second-order valence-electron chi connectivity index (χ2n) is 11.1. The third-order valence-electron chi connectivity index (χ3n) is 8.19. The molecule has 1 fully saturated rings. The molecule has 0 bridgehead atoms. The normalized spacial score (nSPS) is 18.5. The standard InChI is InChI=1S/C33H34N6O6S2.HI/c1-43-23-13-11-20(12-14-23)17-45-32(42)28-22(7-3-4-15-38-16-6-9-21-8-5-10-25(21)38)18-46-31-27(30(41)39(28)31)36-29(40)26(37-44-2)24-19-47-33(34)35-24;/h3-4,6,9,11-14,16,19,27,31H,5,7-8,10,15,17-18H2,1-2H3,(H2-,34,35,36,40);1H/b4-3-,37-26-;/t27-,31-;/m1./s1. The molecule has 1 aliphatic carbocycles. The molecule has 2 aliphatic heterocycles. The van der Waals surface area contributed by atoms with Crippen LogP contribution in [0, 0.1) is 0 Å². The molecular formula is C33H35IN6O6S2. The number of nitrogens with two attached hydrogens (primary N) is 1. The summed E-state index contributed by atoms with van der Waals surface area (Å²) in [7, 11) is 2.89. The van der Waals surface area contributed by atoms with Gasteiger partial charge in [-0.05, 0) is 54.7 Å². The molecule has 2 aromatic heterocycles. The van der Waals surface area contributed by atoms with Gasteiger partial charge >= 0.3 is 5.97 Å². The van der Waals surface area contributed by atoms with Crippen molar-refractivity contribution in [1.29, 1.82) is 0 Å². The Hall–Kier alpha value is -3.96. The highest BCUT2D eigenvalue weighted by molar-refractivity contribution is 8.00. The van der Waals surface area contributed by atoms with Crippen LogP contribution in [-0.4, -0.2) is 64.8 Å². The number of pyridine rings is 1. The number of nitrogens with zero attached hydrogens (tertiary/aromatic N) is 4. The Kier molecular flexibility index (Phi) is 11.8. The number of rotatable bonds is 12. The van der Waals surface area contributed by atoms with Gasteiger partial charge in [-0.3, -0.25) is 14.5 Å². The highest BCUT2D eigenvalue weighted by Gasteiger charge is 2.54. The first-order valence-corrected chi connectivity index (χ1v) is 17.1. The van der Waals surface area contributed by atoms with Gasteiger partial charge in [-0.25, -0.2) is 9.78 Å². The van der Waals surface area contributed by atoms with Crippen LogP contribution < -0.4 is 44.3 Å². The van der Waals surface area contributed by atoms with Crippen molar-refractivity contribution in [3.63, 3.8) is 0 Å². The number of ether oxygens (including phenoxy) is 2. The van der Waals surface area contributed by atoms with E-state index in [9.17, 15) is 14.4 Å². The van der Waals surface area contributed by atoms with Crippen LogP contribution in [0.3, 0.4) is 0 Å². The summed E-state index contributed by atoms with van der Waals surface area (Å²) in [6.07, 6.45) is 10.0. The van der Waals surface area contributed by atoms with E-state index in [2.05, 4.69) is 44.4 Å². The molecule has 252 valence electrons. The van der Waals surface area contributed by atoms with Crippen LogP contribution in [0.4, 0.5) is 5.13 Å². The van der Waals surface area contributed by atoms with E-state index in [-0.39, 0.29) is 52.8 Å². The number of carbonyl (C=O) groups is 3. The lowest BCUT2D eigenvalue weighted by atomic mass is 10.0. The molecule has 0 unspecified atom stereocenters. The van der Waals surface area contributed by atoms with Crippen LogP contribution in [-0.2, 0) is 50.0 Å². The molecule has 2 amide bonds. The molecular weight excluding hydrogens is 767 g/mol. The average Bonchev–Trinajstić information content (AvgIpc) is 3.76. The first-order chi connectivity index (χ1) is 22.9. The number of nitrogen functional groups attached to an aromatic ring is 1. The number of halogens is 1. The van der Waals surface area contributed by atoms with Crippen LogP contribution >= 0.6 is 23.1 Å². The fraction of sp³-hybridized carbons (Fsp3) is 0.333. The van der Waals surface area contributed by atoms with Crippen LogP contribution in [0.25, 0.3) is 0 Å². The summed E-state index contributed by atoms with van der Waals surface area (Å²) in [5, 5.41) is 7.90. The van der Waals surface area contributed by atoms with E-state index in [0.717, 1.165) is 41.9 Å². The van der Waals surface area contributed by atoms with Gasteiger partial charge in [0.2, 0.25) is 0 Å². The van der Waals surface area contributed by atoms with Crippen molar-refractivity contribution < 1.29 is 57.2 Å². The molecule has 0 radical (unpaired) electrons. The van der Waals surface area contributed by atoms with Crippen molar-refractivity contribution in [3.05, 3.63) is 93.9 Å². The number of anilines is 1. The fourth-order valence-electron chi connectivity index (χ4n) is 5.87. The largest absolute Gasteiger partial charge is 1.00 e. The number of aryl methyl sites for hydroxylation is 1. The highest BCUT2D eigenvalue weighted by Crippen LogP contribution is 2.41. The molecule has 15 heteroatoms. The second kappa shape index (κ2) is 16.0. The van der Waals surface area contributed by atoms with Gasteiger partial charge in [-0.1, -0.05) is 23.4 Å². The number of allylic oxidation sites excluding steroid dienone is 2. The molecule has 0 saturated carbocycles. The first kappa shape index (κ1) is 35.3. The third kappa shape index (κ3) is 7.52. The van der Waals surface area contributed by atoms with Crippen LogP contribution in [0.2, 0.25) is 0 Å². The lowest BCUT2D eigenvalue weighted by Crippen LogP contribution is -3.00. The van der Waals surface area contributed by atoms with Crippen molar-refractivity contribution in [1.82, 2.24) is 15.2 Å². The molecule has 2 atom stereocenters. The SMILES string of the molecule is CO/N=C(\C(=O)N[C@@H]1C(=O)N2C(C(=O)OCc3ccc(OC)cc3)=C(C/C=C\C[n+]3cccc4c3CCC4)CS[C@H]12)c1csc(N)n1.[I-]. The molecule has 4 heterocycles. The average molecular weight is 803 g/mol. The number of methoxy groups -OCH3 is 1. The number of amides is 2. The number of nitrogens with one attached hydrogen (secondary N) is 1. The number of fused-ring (bicyclic) bond motifs is 2. The Morgan fingerprint density at radius 2 is 2.00 bits per heavy atom. The van der Waals surface area contributed by atoms with E-state index in [1.54, 1.807) is 24.6 Å². The number of aromatic nitrogens is 2. The maximum Gasteiger partial charge on any atom is 0.355 e. The van der Waals surface area contributed by atoms with E-state index >= 15 is 0 Å². The summed E-state index contributed by atoms with van der Waals surface area (Å²) >= 11 is 2.63. The van der Waals surface area contributed by atoms with Gasteiger partial charge < -0.3 is 49.3 Å². The number of β-lactam (4-membered cyclic amide) rings is 1. The van der Waals surface area contributed by atoms with Crippen LogP contribution in [0.1, 0.15) is 35.4 Å². The molecule has 0 spiro atoms. The van der Waals surface area contributed by atoms with Gasteiger partial charge in [0.1, 0.15) is 42.3 Å². The Labute approximate surface area is 303 Å². The third-order valence-corrected chi connectivity index (χ3v) is 10.2. The van der Waals surface area contributed by atoms with Crippen molar-refractivity contribution >= 4 is 51.7 Å². The van der Waals surface area contributed by atoms with Gasteiger partial charge in [-0.15, -0.1) is 23.1 Å². The van der Waals surface area contributed by atoms with Gasteiger partial charge in [-0.2, -0.15) is 4.57 Å². The molecule has 1 saturated heterocycles. The minimum absolute atomic E-state index is 0. The van der Waals surface area contributed by atoms with Crippen LogP contribution in [0.15, 0.2) is 76.6 Å². The summed E-state index contributed by atoms with van der Waals surface area (Å²) < 4.78 is 13.2. The lowest BCUT2D eigenvalue weighted by molar-refractivity contribution is -0.694. The lowest BCUT2D eigenvalue weighted by Gasteiger charge is -2.49. The molecule has 3 aromatic rings. The zero-order chi connectivity index (χ0) is 32.9. The second-order valence-corrected chi connectivity index (χ2v) is 13.1. The topological polar surface area (TPSA) is 149 Å². The monoisotopic (exact) mass is 802 g/mol. The Balaban J connectivity index is 0.00000451. The quantitative estimate of drug-likeness (QED) is 0.0488. The number of esters is 1. The summed E-state index contributed by atoms with van der Waals surface area (Å²) in [6.45, 7) is 0.745. The highest BCUT2D eigenvalue weighted by atomic mass is 127. The van der Waals surface area contributed by atoms with Crippen molar-refractivity contribution in [2.75, 3.05) is 25.7 Å². The molecule has 1 aromatic carbocycles. The summed E-state index contributed by atoms with van der Waals surface area (Å²) in [5.41, 5.74) is 10.4. The summed E-state index contributed by atoms with van der Waals surface area (Å²) in [5.74, 6) is -0.477. The molecule has 12 nitrogen and oxygen atoms in total. The maximum atomic E-state index is 13.7. The summed E-state index contributed by atoms with van der Waals surface area (Å²) in [4.78, 5) is 50.9. The number of thiazole rings is 1. The van der Waals surface area contributed by atoms with Gasteiger partial charge in [0.05, 0.1) is 7.11 Å². The zero-order valence-electron chi connectivity index (χ0n) is 26.4. The fourth-order valence-corrected chi connectivity index (χ4v) is 7.78. The van der Waals surface area contributed by atoms with E-state index in [4.69, 9.17) is 20.0 Å². The number of oxime groups is 1.